The second-order valence-corrected chi connectivity index (χ2v) is 4.54. The summed E-state index contributed by atoms with van der Waals surface area (Å²) in [4.78, 5) is 0. The summed E-state index contributed by atoms with van der Waals surface area (Å²) in [6.07, 6.45) is 0. The number of halogens is 7. The van der Waals surface area contributed by atoms with E-state index in [-0.39, 0.29) is 7.28 Å². The van der Waals surface area contributed by atoms with Gasteiger partial charge in [-0.1, -0.05) is 0 Å². The Morgan fingerprint density at radius 2 is 1.35 bits per heavy atom. The monoisotopic (exact) mass is 335 g/mol. The molecular formula is C14H7BF7O. The molecule has 1 radical (unpaired) electrons. The van der Waals surface area contributed by atoms with E-state index in [9.17, 15) is 30.7 Å². The number of benzene rings is 2. The van der Waals surface area contributed by atoms with Crippen molar-refractivity contribution >= 4 is 18.2 Å². The smallest absolute Gasteiger partial charge is 0.207 e. The first-order chi connectivity index (χ1) is 10.7. The molecule has 0 atom stereocenters. The molecule has 0 aromatic heterocycles. The van der Waals surface area contributed by atoms with Crippen LogP contribution in [0.25, 0.3) is 0 Å². The molecule has 0 fully saturated rings. The summed E-state index contributed by atoms with van der Waals surface area (Å²) in [7, 11) is 1.07. The maximum Gasteiger partial charge on any atom is 0.207 e. The molecule has 0 unspecified atom stereocenters. The highest BCUT2D eigenvalue weighted by Crippen LogP contribution is 2.24. The number of rotatable bonds is 3. The Balaban J connectivity index is 2.67. The third-order valence-corrected chi connectivity index (χ3v) is 3.18. The molecule has 23 heavy (non-hydrogen) atoms. The Labute approximate surface area is 126 Å². The van der Waals surface area contributed by atoms with Crippen LogP contribution in [-0.4, -0.2) is 14.4 Å². The van der Waals surface area contributed by atoms with Crippen molar-refractivity contribution in [3.05, 3.63) is 52.4 Å². The molecule has 2 aromatic rings. The second kappa shape index (κ2) is 6.13. The molecule has 2 aromatic carbocycles. The van der Waals surface area contributed by atoms with Crippen LogP contribution >= 0.6 is 0 Å². The molecule has 0 saturated heterocycles. The Kier molecular flexibility index (Phi) is 4.58. The summed E-state index contributed by atoms with van der Waals surface area (Å²) in [5, 5.41) is 0. The topological polar surface area (TPSA) is 9.23 Å². The van der Waals surface area contributed by atoms with Crippen molar-refractivity contribution < 1.29 is 35.5 Å². The Morgan fingerprint density at radius 1 is 0.739 bits per heavy atom. The lowest BCUT2D eigenvalue weighted by molar-refractivity contribution is 0.338. The fourth-order valence-electron chi connectivity index (χ4n) is 1.92. The minimum atomic E-state index is -2.07. The minimum absolute atomic E-state index is 0.271. The van der Waals surface area contributed by atoms with Crippen LogP contribution in [0.15, 0.2) is 6.07 Å². The summed E-state index contributed by atoms with van der Waals surface area (Å²) >= 11 is 0. The summed E-state index contributed by atoms with van der Waals surface area (Å²) in [6.45, 7) is 0.972. The van der Waals surface area contributed by atoms with Gasteiger partial charge in [0.05, 0.1) is 7.11 Å². The van der Waals surface area contributed by atoms with Crippen LogP contribution in [0.2, 0.25) is 0 Å². The summed E-state index contributed by atoms with van der Waals surface area (Å²) in [5.41, 5.74) is -2.87. The predicted molar refractivity (Wildman–Crippen MR) is 68.9 cm³/mol. The highest BCUT2D eigenvalue weighted by Gasteiger charge is 2.28. The molecule has 0 aliphatic heterocycles. The van der Waals surface area contributed by atoms with Gasteiger partial charge in [-0.3, -0.25) is 0 Å². The van der Waals surface area contributed by atoms with E-state index >= 15 is 0 Å². The first-order valence-electron chi connectivity index (χ1n) is 6.09. The Bertz CT molecular complexity index is 792. The van der Waals surface area contributed by atoms with Gasteiger partial charge < -0.3 is 4.74 Å². The fraction of sp³-hybridized carbons (Fsp3) is 0.143. The maximum absolute atomic E-state index is 14.0. The number of methoxy groups -OCH3 is 1. The third kappa shape index (κ3) is 2.75. The number of hydrogen-bond donors (Lipinski definition) is 0. The zero-order chi connectivity index (χ0) is 17.5. The van der Waals surface area contributed by atoms with E-state index in [1.165, 1.54) is 0 Å². The van der Waals surface area contributed by atoms with Crippen LogP contribution < -0.4 is 15.7 Å². The summed E-state index contributed by atoms with van der Waals surface area (Å²) in [6, 6.07) is 0.303. The van der Waals surface area contributed by atoms with Crippen LogP contribution in [-0.2, 0) is 0 Å². The average Bonchev–Trinajstić information content (AvgIpc) is 2.50. The van der Waals surface area contributed by atoms with Crippen molar-refractivity contribution in [2.45, 2.75) is 6.92 Å². The summed E-state index contributed by atoms with van der Waals surface area (Å²) < 4.78 is 99.4. The molecular weight excluding hydrogens is 328 g/mol. The lowest BCUT2D eigenvalue weighted by atomic mass is 9.62. The molecule has 0 aliphatic carbocycles. The van der Waals surface area contributed by atoms with Crippen molar-refractivity contribution in [1.82, 2.24) is 0 Å². The summed E-state index contributed by atoms with van der Waals surface area (Å²) in [5.74, 6) is -13.0. The van der Waals surface area contributed by atoms with E-state index in [0.29, 0.717) is 6.07 Å². The van der Waals surface area contributed by atoms with Gasteiger partial charge in [-0.2, -0.15) is 4.39 Å². The van der Waals surface area contributed by atoms with Gasteiger partial charge in [0.25, 0.3) is 0 Å². The molecule has 9 heteroatoms. The van der Waals surface area contributed by atoms with Gasteiger partial charge in [0.1, 0.15) is 17.5 Å². The predicted octanol–water partition coefficient (Wildman–Crippen LogP) is 2.63. The quantitative estimate of drug-likeness (QED) is 0.363. The molecule has 2 rings (SSSR count). The Morgan fingerprint density at radius 3 is 1.91 bits per heavy atom. The SMILES string of the molecule is COc1c(F)c(F)c(F)c([B]c2c(F)cc(F)c(C)c2F)c1F. The van der Waals surface area contributed by atoms with Crippen LogP contribution in [0.3, 0.4) is 0 Å². The molecule has 0 bridgehead atoms. The molecule has 0 amide bonds. The van der Waals surface area contributed by atoms with Crippen molar-refractivity contribution in [2.75, 3.05) is 7.11 Å². The van der Waals surface area contributed by atoms with Crippen molar-refractivity contribution in [1.29, 1.82) is 0 Å². The molecule has 0 saturated carbocycles. The zero-order valence-electron chi connectivity index (χ0n) is 11.7. The first kappa shape index (κ1) is 17.2. The third-order valence-electron chi connectivity index (χ3n) is 3.18. The van der Waals surface area contributed by atoms with Crippen molar-refractivity contribution in [3.8, 4) is 5.75 Å². The highest BCUT2D eigenvalue weighted by molar-refractivity contribution is 6.67. The first-order valence-corrected chi connectivity index (χ1v) is 6.09. The molecule has 0 N–H and O–H groups in total. The van der Waals surface area contributed by atoms with Crippen LogP contribution in [0.5, 0.6) is 5.75 Å². The van der Waals surface area contributed by atoms with Gasteiger partial charge in [-0.15, -0.1) is 0 Å². The van der Waals surface area contributed by atoms with Crippen LogP contribution in [0.4, 0.5) is 30.7 Å². The molecule has 121 valence electrons. The largest absolute Gasteiger partial charge is 0.491 e. The number of ether oxygens (including phenoxy) is 1. The second-order valence-electron chi connectivity index (χ2n) is 4.54. The van der Waals surface area contributed by atoms with E-state index in [0.717, 1.165) is 14.0 Å². The van der Waals surface area contributed by atoms with E-state index in [1.807, 2.05) is 0 Å². The van der Waals surface area contributed by atoms with Crippen LogP contribution in [0.1, 0.15) is 5.56 Å². The van der Waals surface area contributed by atoms with Crippen molar-refractivity contribution in [2.24, 2.45) is 0 Å². The average molecular weight is 335 g/mol. The minimum Gasteiger partial charge on any atom is -0.491 e. The van der Waals surface area contributed by atoms with E-state index in [1.54, 1.807) is 0 Å². The molecule has 0 heterocycles. The lowest BCUT2D eigenvalue weighted by Gasteiger charge is -2.12. The highest BCUT2D eigenvalue weighted by atomic mass is 19.2. The van der Waals surface area contributed by atoms with Crippen LogP contribution in [0, 0.1) is 47.6 Å². The standard InChI is InChI=1S/C14H7BF7O/c1-4-5(16)3-6(17)7(9(4)18)15-8-10(19)12(21)13(22)14(23-2)11(8)20/h3H,1-2H3. The van der Waals surface area contributed by atoms with Gasteiger partial charge in [0, 0.05) is 11.6 Å². The van der Waals surface area contributed by atoms with Crippen molar-refractivity contribution in [3.63, 3.8) is 0 Å². The van der Waals surface area contributed by atoms with E-state index < -0.39 is 63.0 Å². The molecule has 0 spiro atoms. The zero-order valence-corrected chi connectivity index (χ0v) is 11.7. The number of hydrogen-bond acceptors (Lipinski definition) is 1. The normalized spacial score (nSPS) is 10.8. The van der Waals surface area contributed by atoms with Gasteiger partial charge in [0.2, 0.25) is 13.1 Å². The molecule has 1 nitrogen and oxygen atoms in total. The fourth-order valence-corrected chi connectivity index (χ4v) is 1.92. The van der Waals surface area contributed by atoms with Gasteiger partial charge >= 0.3 is 0 Å². The maximum atomic E-state index is 14.0. The van der Waals surface area contributed by atoms with Gasteiger partial charge in [-0.05, 0) is 17.8 Å². The Hall–Kier alpha value is -2.19. The lowest BCUT2D eigenvalue weighted by Crippen LogP contribution is -2.38. The molecule has 0 aliphatic rings. The van der Waals surface area contributed by atoms with Gasteiger partial charge in [0.15, 0.2) is 23.2 Å². The van der Waals surface area contributed by atoms with E-state index in [4.69, 9.17) is 0 Å². The van der Waals surface area contributed by atoms with Gasteiger partial charge in [-0.25, -0.2) is 26.3 Å². The van der Waals surface area contributed by atoms with E-state index in [2.05, 4.69) is 4.74 Å².